The Morgan fingerprint density at radius 1 is 1.50 bits per heavy atom. The Kier molecular flexibility index (Phi) is 5.70. The normalized spacial score (nSPS) is 11.9. The Balaban J connectivity index is 3.44. The smallest absolute Gasteiger partial charge is 0.319 e. The van der Waals surface area contributed by atoms with Gasteiger partial charge in [-0.15, -0.1) is 0 Å². The molecule has 0 N–H and O–H groups in total. The maximum atomic E-state index is 10.8. The number of rotatable bonds is 4. The van der Waals surface area contributed by atoms with Crippen LogP contribution < -0.4 is 0 Å². The van der Waals surface area contributed by atoms with Gasteiger partial charge in [-0.1, -0.05) is 15.9 Å². The van der Waals surface area contributed by atoms with Crippen LogP contribution in [-0.2, 0) is 19.1 Å². The molecule has 4 nitrogen and oxygen atoms in total. The summed E-state index contributed by atoms with van der Waals surface area (Å²) >= 11 is 3.03. The molecule has 0 aromatic rings. The fraction of sp³-hybridized carbons (Fsp3) is 0.714. The highest BCUT2D eigenvalue weighted by Gasteiger charge is 2.10. The molecule has 0 bridgehead atoms. The van der Waals surface area contributed by atoms with Crippen molar-refractivity contribution < 1.29 is 19.1 Å². The predicted molar refractivity (Wildman–Crippen MR) is 46.0 cm³/mol. The molecule has 0 aromatic carbocycles. The van der Waals surface area contributed by atoms with Gasteiger partial charge in [0.1, 0.15) is 11.4 Å². The van der Waals surface area contributed by atoms with Gasteiger partial charge in [-0.05, 0) is 6.92 Å². The lowest BCUT2D eigenvalue weighted by Crippen LogP contribution is -2.16. The van der Waals surface area contributed by atoms with Gasteiger partial charge in [-0.3, -0.25) is 9.59 Å². The molecule has 70 valence electrons. The molecule has 0 aromatic heterocycles. The SMILES string of the molecule is COC(=O)CCOC(=O)C(C)Br. The third kappa shape index (κ3) is 5.12. The van der Waals surface area contributed by atoms with E-state index in [1.807, 2.05) is 0 Å². The van der Waals surface area contributed by atoms with E-state index in [1.54, 1.807) is 6.92 Å². The highest BCUT2D eigenvalue weighted by molar-refractivity contribution is 9.10. The Morgan fingerprint density at radius 3 is 2.50 bits per heavy atom. The van der Waals surface area contributed by atoms with Gasteiger partial charge in [-0.2, -0.15) is 0 Å². The summed E-state index contributed by atoms with van der Waals surface area (Å²) in [6, 6.07) is 0. The lowest BCUT2D eigenvalue weighted by Gasteiger charge is -2.04. The van der Waals surface area contributed by atoms with Crippen molar-refractivity contribution in [1.82, 2.24) is 0 Å². The first-order chi connectivity index (χ1) is 5.57. The van der Waals surface area contributed by atoms with Gasteiger partial charge in [-0.25, -0.2) is 0 Å². The van der Waals surface area contributed by atoms with Crippen LogP contribution in [-0.4, -0.2) is 30.5 Å². The van der Waals surface area contributed by atoms with Crippen LogP contribution in [0.15, 0.2) is 0 Å². The van der Waals surface area contributed by atoms with Gasteiger partial charge in [0.05, 0.1) is 13.5 Å². The molecular weight excluding hydrogens is 228 g/mol. The summed E-state index contributed by atoms with van der Waals surface area (Å²) in [4.78, 5) is 21.0. The van der Waals surface area contributed by atoms with E-state index in [1.165, 1.54) is 7.11 Å². The van der Waals surface area contributed by atoms with Crippen molar-refractivity contribution in [3.8, 4) is 0 Å². The monoisotopic (exact) mass is 238 g/mol. The Bertz CT molecular complexity index is 167. The number of halogens is 1. The van der Waals surface area contributed by atoms with Crippen molar-refractivity contribution in [2.24, 2.45) is 0 Å². The van der Waals surface area contributed by atoms with Gasteiger partial charge in [0.25, 0.3) is 0 Å². The zero-order valence-corrected chi connectivity index (χ0v) is 8.59. The molecular formula is C7H11BrO4. The molecule has 0 aliphatic heterocycles. The standard InChI is InChI=1S/C7H11BrO4/c1-5(8)7(10)12-4-3-6(9)11-2/h5H,3-4H2,1-2H3. The molecule has 0 amide bonds. The Hall–Kier alpha value is -0.580. The summed E-state index contributed by atoms with van der Waals surface area (Å²) in [5.74, 6) is -0.760. The maximum absolute atomic E-state index is 10.8. The molecule has 0 rings (SSSR count). The first-order valence-electron chi connectivity index (χ1n) is 3.45. The van der Waals surface area contributed by atoms with Gasteiger partial charge >= 0.3 is 11.9 Å². The van der Waals surface area contributed by atoms with Crippen molar-refractivity contribution in [3.05, 3.63) is 0 Å². The van der Waals surface area contributed by atoms with E-state index < -0.39 is 0 Å². The van der Waals surface area contributed by atoms with Crippen LogP contribution in [0, 0.1) is 0 Å². The average molecular weight is 239 g/mol. The van der Waals surface area contributed by atoms with Gasteiger partial charge in [0.2, 0.25) is 0 Å². The van der Waals surface area contributed by atoms with E-state index in [9.17, 15) is 9.59 Å². The fourth-order valence-electron chi connectivity index (χ4n) is 0.452. The van der Waals surface area contributed by atoms with E-state index in [2.05, 4.69) is 25.4 Å². The van der Waals surface area contributed by atoms with Crippen molar-refractivity contribution in [2.75, 3.05) is 13.7 Å². The number of hydrogen-bond acceptors (Lipinski definition) is 4. The number of esters is 2. The minimum atomic E-state index is -0.384. The van der Waals surface area contributed by atoms with Crippen LogP contribution >= 0.6 is 15.9 Å². The average Bonchev–Trinajstić information content (AvgIpc) is 2.03. The van der Waals surface area contributed by atoms with Crippen LogP contribution in [0.5, 0.6) is 0 Å². The maximum Gasteiger partial charge on any atom is 0.319 e. The molecule has 0 heterocycles. The number of carbonyl (C=O) groups is 2. The Morgan fingerprint density at radius 2 is 2.08 bits per heavy atom. The third-order valence-corrected chi connectivity index (χ3v) is 1.48. The molecule has 1 unspecified atom stereocenters. The molecule has 0 fully saturated rings. The van der Waals surface area contributed by atoms with Crippen molar-refractivity contribution >= 4 is 27.9 Å². The van der Waals surface area contributed by atoms with Crippen molar-refractivity contribution in [2.45, 2.75) is 18.2 Å². The molecule has 0 spiro atoms. The lowest BCUT2D eigenvalue weighted by molar-refractivity contribution is -0.147. The first-order valence-corrected chi connectivity index (χ1v) is 4.37. The fourth-order valence-corrected chi connectivity index (χ4v) is 0.584. The van der Waals surface area contributed by atoms with Crippen LogP contribution in [0.4, 0.5) is 0 Å². The topological polar surface area (TPSA) is 52.6 Å². The number of ether oxygens (including phenoxy) is 2. The largest absolute Gasteiger partial charge is 0.469 e. The summed E-state index contributed by atoms with van der Waals surface area (Å²) in [7, 11) is 1.29. The molecule has 0 aliphatic carbocycles. The van der Waals surface area contributed by atoms with Crippen LogP contribution in [0.2, 0.25) is 0 Å². The van der Waals surface area contributed by atoms with Crippen molar-refractivity contribution in [3.63, 3.8) is 0 Å². The minimum absolute atomic E-state index is 0.0709. The summed E-state index contributed by atoms with van der Waals surface area (Å²) in [5, 5.41) is 0. The molecule has 5 heteroatoms. The van der Waals surface area contributed by atoms with E-state index in [0.717, 1.165) is 0 Å². The summed E-state index contributed by atoms with van der Waals surface area (Å²) < 4.78 is 9.04. The van der Waals surface area contributed by atoms with Gasteiger partial charge in [0.15, 0.2) is 0 Å². The number of hydrogen-bond donors (Lipinski definition) is 0. The predicted octanol–water partition coefficient (Wildman–Crippen LogP) is 0.876. The minimum Gasteiger partial charge on any atom is -0.469 e. The molecule has 1 atom stereocenters. The van der Waals surface area contributed by atoms with Crippen LogP contribution in [0.25, 0.3) is 0 Å². The zero-order valence-electron chi connectivity index (χ0n) is 7.00. The molecule has 12 heavy (non-hydrogen) atoms. The number of alkyl halides is 1. The van der Waals surface area contributed by atoms with Crippen molar-refractivity contribution in [1.29, 1.82) is 0 Å². The lowest BCUT2D eigenvalue weighted by atomic mass is 10.4. The summed E-state index contributed by atoms with van der Waals surface area (Å²) in [6.45, 7) is 1.72. The first kappa shape index (κ1) is 11.4. The molecule has 0 aliphatic rings. The number of methoxy groups -OCH3 is 1. The highest BCUT2D eigenvalue weighted by atomic mass is 79.9. The zero-order chi connectivity index (χ0) is 9.56. The molecule has 0 saturated carbocycles. The van der Waals surface area contributed by atoms with E-state index in [-0.39, 0.29) is 29.8 Å². The summed E-state index contributed by atoms with van der Waals surface area (Å²) in [6.07, 6.45) is 0.0992. The summed E-state index contributed by atoms with van der Waals surface area (Å²) in [5.41, 5.74) is 0. The van der Waals surface area contributed by atoms with E-state index >= 15 is 0 Å². The quantitative estimate of drug-likeness (QED) is 0.539. The Labute approximate surface area is 79.3 Å². The molecule has 0 saturated heterocycles. The van der Waals surface area contributed by atoms with Crippen LogP contribution in [0.3, 0.4) is 0 Å². The number of carbonyl (C=O) groups excluding carboxylic acids is 2. The third-order valence-electron chi connectivity index (χ3n) is 1.10. The second-order valence-corrected chi connectivity index (χ2v) is 3.48. The van der Waals surface area contributed by atoms with Gasteiger partial charge < -0.3 is 9.47 Å². The second-order valence-electron chi connectivity index (χ2n) is 2.11. The second kappa shape index (κ2) is 5.99. The van der Waals surface area contributed by atoms with Gasteiger partial charge in [0, 0.05) is 0 Å². The highest BCUT2D eigenvalue weighted by Crippen LogP contribution is 2.00. The van der Waals surface area contributed by atoms with Crippen LogP contribution in [0.1, 0.15) is 13.3 Å². The van der Waals surface area contributed by atoms with E-state index in [4.69, 9.17) is 0 Å². The molecule has 0 radical (unpaired) electrons. The van der Waals surface area contributed by atoms with E-state index in [0.29, 0.717) is 0 Å².